The van der Waals surface area contributed by atoms with Gasteiger partial charge < -0.3 is 4.40 Å². The highest BCUT2D eigenvalue weighted by molar-refractivity contribution is 9.10. The fourth-order valence-electron chi connectivity index (χ4n) is 6.48. The van der Waals surface area contributed by atoms with Gasteiger partial charge in [-0.25, -0.2) is 0 Å². The highest BCUT2D eigenvalue weighted by atomic mass is 79.9. The lowest BCUT2D eigenvalue weighted by atomic mass is 9.94. The quantitative estimate of drug-likeness (QED) is 0.151. The molecule has 0 atom stereocenters. The summed E-state index contributed by atoms with van der Waals surface area (Å²) in [6.45, 7) is 0. The first kappa shape index (κ1) is 20.5. The monoisotopic (exact) mass is 547 g/mol. The van der Waals surface area contributed by atoms with Crippen LogP contribution >= 0.6 is 15.9 Å². The second kappa shape index (κ2) is 7.27. The number of aromatic nitrogens is 3. The van der Waals surface area contributed by atoms with Crippen molar-refractivity contribution >= 4 is 86.6 Å². The lowest BCUT2D eigenvalue weighted by Crippen LogP contribution is -1.93. The molecule has 0 bridgehead atoms. The molecule has 38 heavy (non-hydrogen) atoms. The summed E-state index contributed by atoms with van der Waals surface area (Å²) in [6.07, 6.45) is 3.76. The predicted octanol–water partition coefficient (Wildman–Crippen LogP) is 9.52. The fourth-order valence-corrected chi connectivity index (χ4v) is 6.96. The van der Waals surface area contributed by atoms with Crippen molar-refractivity contribution in [2.24, 2.45) is 0 Å². The summed E-state index contributed by atoms with van der Waals surface area (Å²) in [4.78, 5) is 9.44. The molecule has 0 aliphatic rings. The number of hydrogen-bond donors (Lipinski definition) is 0. The maximum absolute atomic E-state index is 4.77. The van der Waals surface area contributed by atoms with Gasteiger partial charge in [0.05, 0.1) is 27.6 Å². The Morgan fingerprint density at radius 2 is 1.37 bits per heavy atom. The number of para-hydroxylation sites is 1. The van der Waals surface area contributed by atoms with Gasteiger partial charge in [-0.2, -0.15) is 0 Å². The molecule has 0 aliphatic carbocycles. The Hall–Kier alpha value is -4.54. The van der Waals surface area contributed by atoms with Crippen molar-refractivity contribution in [2.45, 2.75) is 0 Å². The van der Waals surface area contributed by atoms with Gasteiger partial charge in [0.25, 0.3) is 0 Å². The molecule has 4 heteroatoms. The topological polar surface area (TPSA) is 30.2 Å². The number of rotatable bonds is 1. The van der Waals surface area contributed by atoms with Crippen LogP contribution in [0.2, 0.25) is 0 Å². The Morgan fingerprint density at radius 1 is 0.553 bits per heavy atom. The van der Waals surface area contributed by atoms with Gasteiger partial charge in [0.15, 0.2) is 0 Å². The van der Waals surface area contributed by atoms with Crippen LogP contribution in [-0.2, 0) is 0 Å². The molecule has 176 valence electrons. The Kier molecular flexibility index (Phi) is 3.93. The van der Waals surface area contributed by atoms with E-state index in [2.05, 4.69) is 116 Å². The smallest absolute Gasteiger partial charge is 0.0970 e. The van der Waals surface area contributed by atoms with Gasteiger partial charge in [-0.1, -0.05) is 64.5 Å². The van der Waals surface area contributed by atoms with Gasteiger partial charge in [-0.3, -0.25) is 9.97 Å². The van der Waals surface area contributed by atoms with Crippen molar-refractivity contribution in [1.29, 1.82) is 0 Å². The van der Waals surface area contributed by atoms with E-state index >= 15 is 0 Å². The van der Waals surface area contributed by atoms with Crippen molar-refractivity contribution in [3.63, 3.8) is 0 Å². The molecule has 9 aromatic rings. The third-order valence-electron chi connectivity index (χ3n) is 8.01. The van der Waals surface area contributed by atoms with Gasteiger partial charge in [-0.05, 0) is 70.4 Å². The van der Waals surface area contributed by atoms with Crippen LogP contribution in [0.3, 0.4) is 0 Å². The van der Waals surface area contributed by atoms with Gasteiger partial charge in [0.1, 0.15) is 0 Å². The van der Waals surface area contributed by atoms with E-state index in [9.17, 15) is 0 Å². The standard InChI is InChI=1S/C34H18BrN3/c35-22-15-20-5-3-9-30-31(20)26(18-22)28-17-21(16-27-24-7-1-2-8-29(24)38(30)34(27)28)23-12-14-37-33-25(23)11-10-19-6-4-13-36-32(19)33/h1-18H. The average molecular weight is 548 g/mol. The number of nitrogens with zero attached hydrogens (tertiary/aromatic N) is 3. The Balaban J connectivity index is 1.52. The number of fused-ring (bicyclic) bond motifs is 8. The normalized spacial score (nSPS) is 12.3. The van der Waals surface area contributed by atoms with Crippen LogP contribution in [-0.4, -0.2) is 14.4 Å². The molecule has 0 radical (unpaired) electrons. The van der Waals surface area contributed by atoms with E-state index < -0.39 is 0 Å². The van der Waals surface area contributed by atoms with Crippen LogP contribution < -0.4 is 0 Å². The largest absolute Gasteiger partial charge is 0.308 e. The zero-order chi connectivity index (χ0) is 25.0. The van der Waals surface area contributed by atoms with Crippen molar-refractivity contribution < 1.29 is 0 Å². The first-order valence-electron chi connectivity index (χ1n) is 12.7. The first-order valence-corrected chi connectivity index (χ1v) is 13.5. The van der Waals surface area contributed by atoms with Gasteiger partial charge in [-0.15, -0.1) is 0 Å². The number of benzene rings is 5. The molecule has 0 spiro atoms. The summed E-state index contributed by atoms with van der Waals surface area (Å²) < 4.78 is 3.54. The SMILES string of the molecule is Brc1cc2cccc3c2c(c1)c1cc(-c2ccnc4c2ccc2cccnc24)cc2c4ccccc4n3c12. The molecule has 0 saturated carbocycles. The maximum Gasteiger partial charge on any atom is 0.0970 e. The molecule has 0 N–H and O–H groups in total. The molecular formula is C34H18BrN3. The predicted molar refractivity (Wildman–Crippen MR) is 162 cm³/mol. The molecular weight excluding hydrogens is 530 g/mol. The van der Waals surface area contributed by atoms with E-state index in [0.717, 1.165) is 26.3 Å². The molecule has 9 rings (SSSR count). The summed E-state index contributed by atoms with van der Waals surface area (Å²) >= 11 is 3.79. The Bertz CT molecular complexity index is 2420. The molecule has 0 unspecified atom stereocenters. The summed E-state index contributed by atoms with van der Waals surface area (Å²) in [5.41, 5.74) is 7.97. The highest BCUT2D eigenvalue weighted by Gasteiger charge is 2.20. The van der Waals surface area contributed by atoms with Crippen molar-refractivity contribution in [3.8, 4) is 11.1 Å². The summed E-state index contributed by atoms with van der Waals surface area (Å²) in [6, 6.07) is 35.1. The molecule has 0 amide bonds. The molecule has 3 nitrogen and oxygen atoms in total. The zero-order valence-corrected chi connectivity index (χ0v) is 21.7. The molecule has 4 heterocycles. The van der Waals surface area contributed by atoms with Crippen LogP contribution in [0, 0.1) is 0 Å². The van der Waals surface area contributed by atoms with Crippen LogP contribution in [0.15, 0.2) is 114 Å². The molecule has 5 aromatic carbocycles. The lowest BCUT2D eigenvalue weighted by molar-refractivity contribution is 1.35. The lowest BCUT2D eigenvalue weighted by Gasteiger charge is -2.15. The van der Waals surface area contributed by atoms with Crippen LogP contribution in [0.4, 0.5) is 0 Å². The summed E-state index contributed by atoms with van der Waals surface area (Å²) in [5, 5.41) is 9.79. The fraction of sp³-hybridized carbons (Fsp3) is 0. The van der Waals surface area contributed by atoms with Gasteiger partial charge >= 0.3 is 0 Å². The zero-order valence-electron chi connectivity index (χ0n) is 20.1. The second-order valence-electron chi connectivity index (χ2n) is 10.00. The third-order valence-corrected chi connectivity index (χ3v) is 8.47. The minimum Gasteiger partial charge on any atom is -0.308 e. The van der Waals surface area contributed by atoms with Crippen LogP contribution in [0.1, 0.15) is 0 Å². The van der Waals surface area contributed by atoms with E-state index in [1.165, 1.54) is 60.0 Å². The van der Waals surface area contributed by atoms with Crippen molar-refractivity contribution in [2.75, 3.05) is 0 Å². The van der Waals surface area contributed by atoms with E-state index in [4.69, 9.17) is 4.98 Å². The molecule has 4 aromatic heterocycles. The minimum atomic E-state index is 0.937. The van der Waals surface area contributed by atoms with Crippen molar-refractivity contribution in [3.05, 3.63) is 114 Å². The first-order chi connectivity index (χ1) is 18.8. The second-order valence-corrected chi connectivity index (χ2v) is 10.9. The van der Waals surface area contributed by atoms with Crippen molar-refractivity contribution in [1.82, 2.24) is 14.4 Å². The number of hydrogen-bond acceptors (Lipinski definition) is 2. The van der Waals surface area contributed by atoms with Gasteiger partial charge in [0.2, 0.25) is 0 Å². The summed E-state index contributed by atoms with van der Waals surface area (Å²) in [7, 11) is 0. The summed E-state index contributed by atoms with van der Waals surface area (Å²) in [5.74, 6) is 0. The third kappa shape index (κ3) is 2.58. The number of pyridine rings is 3. The highest BCUT2D eigenvalue weighted by Crippen LogP contribution is 2.44. The minimum absolute atomic E-state index is 0.937. The van der Waals surface area contributed by atoms with Gasteiger partial charge in [0, 0.05) is 49.2 Å². The van der Waals surface area contributed by atoms with E-state index in [0.29, 0.717) is 0 Å². The van der Waals surface area contributed by atoms with Crippen LogP contribution in [0.5, 0.6) is 0 Å². The van der Waals surface area contributed by atoms with Crippen LogP contribution in [0.25, 0.3) is 81.8 Å². The Labute approximate surface area is 225 Å². The number of halogens is 1. The Morgan fingerprint density at radius 3 is 2.32 bits per heavy atom. The molecule has 0 fully saturated rings. The van der Waals surface area contributed by atoms with E-state index in [1.807, 2.05) is 18.5 Å². The molecule has 0 aliphatic heterocycles. The van der Waals surface area contributed by atoms with E-state index in [1.54, 1.807) is 0 Å². The molecule has 0 saturated heterocycles. The maximum atomic E-state index is 4.77. The average Bonchev–Trinajstić information content (AvgIpc) is 3.30. The van der Waals surface area contributed by atoms with E-state index in [-0.39, 0.29) is 0 Å².